The molecule has 0 radical (unpaired) electrons. The van der Waals surface area contributed by atoms with Gasteiger partial charge in [0.05, 0.1) is 27.2 Å². The Kier molecular flexibility index (Phi) is 7.29. The van der Waals surface area contributed by atoms with Crippen LogP contribution in [0, 0.1) is 0 Å². The van der Waals surface area contributed by atoms with Gasteiger partial charge >= 0.3 is 0 Å². The topological polar surface area (TPSA) is 58.6 Å². The molecule has 2 N–H and O–H groups in total. The number of carbonyl (C=O) groups excluding carboxylic acids is 1. The van der Waals surface area contributed by atoms with E-state index in [1.54, 1.807) is 7.11 Å². The molecule has 0 aromatic rings. The molecule has 0 aliphatic rings. The second kappa shape index (κ2) is 7.60. The molecule has 0 fully saturated rings. The van der Waals surface area contributed by atoms with Crippen LogP contribution in [0.3, 0.4) is 0 Å². The molecule has 5 nitrogen and oxygen atoms in total. The van der Waals surface area contributed by atoms with E-state index in [4.69, 9.17) is 4.74 Å². The SMILES string of the molecule is COCC(O)C[N+](C)(C)CCCNC(C)=O. The molecule has 0 rings (SSSR count). The van der Waals surface area contributed by atoms with E-state index in [2.05, 4.69) is 19.4 Å². The average molecular weight is 233 g/mol. The lowest BCUT2D eigenvalue weighted by Crippen LogP contribution is -2.47. The standard InChI is InChI=1S/C11H24N2O3/c1-10(14)12-6-5-7-13(2,3)8-11(15)9-16-4/h11,15H,5-9H2,1-4H3/p+1. The highest BCUT2D eigenvalue weighted by molar-refractivity contribution is 5.72. The molecule has 16 heavy (non-hydrogen) atoms. The second-order valence-corrected chi connectivity index (χ2v) is 4.79. The summed E-state index contributed by atoms with van der Waals surface area (Å²) in [4.78, 5) is 10.7. The predicted octanol–water partition coefficient (Wildman–Crippen LogP) is -0.404. The van der Waals surface area contributed by atoms with E-state index in [0.717, 1.165) is 17.4 Å². The van der Waals surface area contributed by atoms with E-state index in [-0.39, 0.29) is 5.91 Å². The fourth-order valence-electron chi connectivity index (χ4n) is 1.68. The number of ether oxygens (including phenoxy) is 1. The third-order valence-electron chi connectivity index (χ3n) is 2.38. The maximum absolute atomic E-state index is 10.7. The number of aliphatic hydroxyl groups is 1. The number of nitrogens with one attached hydrogen (secondary N) is 1. The average Bonchev–Trinajstić information content (AvgIpc) is 2.11. The number of hydrogen-bond acceptors (Lipinski definition) is 3. The molecule has 0 aromatic carbocycles. The van der Waals surface area contributed by atoms with E-state index in [1.807, 2.05) is 0 Å². The molecule has 0 aliphatic heterocycles. The van der Waals surface area contributed by atoms with Crippen LogP contribution < -0.4 is 5.32 Å². The van der Waals surface area contributed by atoms with Crippen LogP contribution in [0.15, 0.2) is 0 Å². The minimum Gasteiger partial charge on any atom is -0.385 e. The summed E-state index contributed by atoms with van der Waals surface area (Å²) in [6.45, 7) is 4.15. The molecule has 96 valence electrons. The van der Waals surface area contributed by atoms with Crippen molar-refractivity contribution < 1.29 is 19.1 Å². The van der Waals surface area contributed by atoms with Crippen molar-refractivity contribution in [2.75, 3.05) is 47.4 Å². The quantitative estimate of drug-likeness (QED) is 0.443. The third-order valence-corrected chi connectivity index (χ3v) is 2.38. The van der Waals surface area contributed by atoms with Crippen molar-refractivity contribution in [1.82, 2.24) is 5.32 Å². The molecule has 0 bridgehead atoms. The number of rotatable bonds is 8. The fourth-order valence-corrected chi connectivity index (χ4v) is 1.68. The lowest BCUT2D eigenvalue weighted by atomic mass is 10.2. The van der Waals surface area contributed by atoms with E-state index in [0.29, 0.717) is 19.7 Å². The first-order valence-electron chi connectivity index (χ1n) is 5.61. The monoisotopic (exact) mass is 233 g/mol. The summed E-state index contributed by atoms with van der Waals surface area (Å²) in [7, 11) is 5.71. The summed E-state index contributed by atoms with van der Waals surface area (Å²) in [6, 6.07) is 0. The molecule has 0 saturated heterocycles. The van der Waals surface area contributed by atoms with Gasteiger partial charge in [0.15, 0.2) is 0 Å². The van der Waals surface area contributed by atoms with Gasteiger partial charge in [-0.15, -0.1) is 0 Å². The highest BCUT2D eigenvalue weighted by atomic mass is 16.5. The van der Waals surface area contributed by atoms with Crippen molar-refractivity contribution in [1.29, 1.82) is 0 Å². The Morgan fingerprint density at radius 1 is 1.50 bits per heavy atom. The van der Waals surface area contributed by atoms with Crippen molar-refractivity contribution in [2.24, 2.45) is 0 Å². The van der Waals surface area contributed by atoms with Crippen LogP contribution in [0.2, 0.25) is 0 Å². The third kappa shape index (κ3) is 8.64. The van der Waals surface area contributed by atoms with Crippen molar-refractivity contribution in [2.45, 2.75) is 19.4 Å². The summed E-state index contributed by atoms with van der Waals surface area (Å²) >= 11 is 0. The Bertz CT molecular complexity index is 207. The number of carbonyl (C=O) groups is 1. The smallest absolute Gasteiger partial charge is 0.216 e. The predicted molar refractivity (Wildman–Crippen MR) is 63.0 cm³/mol. The van der Waals surface area contributed by atoms with Crippen molar-refractivity contribution >= 4 is 5.91 Å². The second-order valence-electron chi connectivity index (χ2n) is 4.79. The Morgan fingerprint density at radius 3 is 2.62 bits per heavy atom. The highest BCUT2D eigenvalue weighted by Gasteiger charge is 2.19. The number of aliphatic hydroxyl groups excluding tert-OH is 1. The molecule has 0 heterocycles. The van der Waals surface area contributed by atoms with Gasteiger partial charge in [-0.1, -0.05) is 0 Å². The lowest BCUT2D eigenvalue weighted by molar-refractivity contribution is -0.893. The molecular weight excluding hydrogens is 208 g/mol. The summed E-state index contributed by atoms with van der Waals surface area (Å²) < 4.78 is 5.62. The first-order valence-corrected chi connectivity index (χ1v) is 5.61. The molecule has 0 aliphatic carbocycles. The Balaban J connectivity index is 3.72. The lowest BCUT2D eigenvalue weighted by Gasteiger charge is -2.31. The molecule has 1 unspecified atom stereocenters. The first kappa shape index (κ1) is 15.3. The number of hydrogen-bond donors (Lipinski definition) is 2. The minimum absolute atomic E-state index is 0.00437. The summed E-state index contributed by atoms with van der Waals surface area (Å²) in [5.74, 6) is 0.00437. The van der Waals surface area contributed by atoms with Crippen LogP contribution >= 0.6 is 0 Å². The maximum atomic E-state index is 10.7. The van der Waals surface area contributed by atoms with Gasteiger partial charge in [-0.25, -0.2) is 0 Å². The molecule has 1 atom stereocenters. The zero-order valence-electron chi connectivity index (χ0n) is 10.8. The summed E-state index contributed by atoms with van der Waals surface area (Å²) in [6.07, 6.45) is 0.479. The van der Waals surface area contributed by atoms with E-state index >= 15 is 0 Å². The number of nitrogens with zero attached hydrogens (tertiary/aromatic N) is 1. The van der Waals surface area contributed by atoms with Gasteiger partial charge in [-0.3, -0.25) is 4.79 Å². The van der Waals surface area contributed by atoms with E-state index < -0.39 is 6.10 Å². The van der Waals surface area contributed by atoms with Crippen LogP contribution in [0.1, 0.15) is 13.3 Å². The maximum Gasteiger partial charge on any atom is 0.216 e. The van der Waals surface area contributed by atoms with E-state index in [1.165, 1.54) is 6.92 Å². The summed E-state index contributed by atoms with van der Waals surface area (Å²) in [5, 5.41) is 12.4. The van der Waals surface area contributed by atoms with Crippen molar-refractivity contribution in [3.63, 3.8) is 0 Å². The first-order chi connectivity index (χ1) is 7.37. The molecule has 0 spiro atoms. The molecule has 0 saturated carbocycles. The van der Waals surface area contributed by atoms with Gasteiger partial charge in [0.2, 0.25) is 5.91 Å². The fraction of sp³-hybridized carbons (Fsp3) is 0.909. The highest BCUT2D eigenvalue weighted by Crippen LogP contribution is 2.02. The number of likely N-dealkylation sites (N-methyl/N-ethyl adjacent to an activating group) is 1. The van der Waals surface area contributed by atoms with E-state index in [9.17, 15) is 9.90 Å². The van der Waals surface area contributed by atoms with Gasteiger partial charge in [0.1, 0.15) is 12.6 Å². The molecule has 0 aromatic heterocycles. The largest absolute Gasteiger partial charge is 0.385 e. The van der Waals surface area contributed by atoms with Gasteiger partial charge < -0.3 is 19.6 Å². The zero-order chi connectivity index (χ0) is 12.6. The van der Waals surface area contributed by atoms with Crippen LogP contribution in [0.4, 0.5) is 0 Å². The van der Waals surface area contributed by atoms with Gasteiger partial charge in [0.25, 0.3) is 0 Å². The normalized spacial score (nSPS) is 13.6. The van der Waals surface area contributed by atoms with Crippen LogP contribution in [-0.2, 0) is 9.53 Å². The van der Waals surface area contributed by atoms with Crippen LogP contribution in [0.5, 0.6) is 0 Å². The van der Waals surface area contributed by atoms with Crippen molar-refractivity contribution in [3.8, 4) is 0 Å². The van der Waals surface area contributed by atoms with Crippen LogP contribution in [0.25, 0.3) is 0 Å². The number of methoxy groups -OCH3 is 1. The Morgan fingerprint density at radius 2 is 2.12 bits per heavy atom. The Hall–Kier alpha value is -0.650. The summed E-state index contributed by atoms with van der Waals surface area (Å²) in [5.41, 5.74) is 0. The number of quaternary nitrogens is 1. The van der Waals surface area contributed by atoms with Gasteiger partial charge in [-0.2, -0.15) is 0 Å². The molecule has 5 heteroatoms. The zero-order valence-corrected chi connectivity index (χ0v) is 10.8. The van der Waals surface area contributed by atoms with Crippen LogP contribution in [-0.4, -0.2) is 69.0 Å². The Labute approximate surface area is 98.0 Å². The van der Waals surface area contributed by atoms with Gasteiger partial charge in [-0.05, 0) is 0 Å². The molecular formula is C11H25N2O3+. The van der Waals surface area contributed by atoms with Crippen molar-refractivity contribution in [3.05, 3.63) is 0 Å². The molecule has 1 amide bonds. The minimum atomic E-state index is -0.430. The van der Waals surface area contributed by atoms with Gasteiger partial charge in [0, 0.05) is 27.0 Å². The number of amides is 1.